The van der Waals surface area contributed by atoms with Crippen molar-refractivity contribution < 1.29 is 16.9 Å². The van der Waals surface area contributed by atoms with Gasteiger partial charge in [-0.15, -0.1) is 0 Å². The Morgan fingerprint density at radius 2 is 2.60 bits per heavy atom. The van der Waals surface area contributed by atoms with Crippen molar-refractivity contribution in [1.82, 2.24) is 9.97 Å². The molecule has 1 rings (SSSR count). The average Bonchev–Trinajstić information content (AvgIpc) is 1.99. The highest BCUT2D eigenvalue weighted by Crippen LogP contribution is 1.84. The van der Waals surface area contributed by atoms with E-state index in [0.29, 0.717) is 0 Å². The van der Waals surface area contributed by atoms with Gasteiger partial charge in [-0.2, -0.15) is 0 Å². The van der Waals surface area contributed by atoms with Crippen molar-refractivity contribution in [1.29, 1.82) is 0 Å². The maximum atomic E-state index is 8.88. The number of aryl methyl sites for hydroxylation is 1. The van der Waals surface area contributed by atoms with E-state index in [1.165, 1.54) is 0 Å². The van der Waals surface area contributed by atoms with Crippen molar-refractivity contribution in [3.8, 4) is 0 Å². The molecule has 0 aliphatic heterocycles. The molecule has 10 heavy (non-hydrogen) atoms. The standard InChI is InChI=1S/C5H7BN2O2/c1-4-5(6(9)10)2-7-3-8-4/h2-3,9-10H,1H3/i1D3,2D,3D. The number of hydrogen-bond donors (Lipinski definition) is 2. The maximum Gasteiger partial charge on any atom is 0.491 e. The first kappa shape index (κ1) is 2.98. The second-order valence-electron chi connectivity index (χ2n) is 1.57. The summed E-state index contributed by atoms with van der Waals surface area (Å²) < 4.78 is 35.4. The zero-order valence-electron chi connectivity index (χ0n) is 9.87. The van der Waals surface area contributed by atoms with E-state index in [-0.39, 0.29) is 0 Å². The van der Waals surface area contributed by atoms with Crippen LogP contribution in [0.5, 0.6) is 0 Å². The predicted molar refractivity (Wildman–Crippen MR) is 36.6 cm³/mol. The Kier molecular flexibility index (Phi) is 0.824. The zero-order chi connectivity index (χ0) is 11.8. The van der Waals surface area contributed by atoms with Crippen molar-refractivity contribution >= 4 is 12.6 Å². The average molecular weight is 143 g/mol. The molecule has 0 unspecified atom stereocenters. The van der Waals surface area contributed by atoms with Gasteiger partial charge in [0.15, 0.2) is 0 Å². The Bertz CT molecular complexity index is 382. The Morgan fingerprint density at radius 1 is 1.80 bits per heavy atom. The van der Waals surface area contributed by atoms with Crippen molar-refractivity contribution in [3.63, 3.8) is 0 Å². The van der Waals surface area contributed by atoms with Crippen LogP contribution in [0.25, 0.3) is 0 Å². The van der Waals surface area contributed by atoms with Gasteiger partial charge >= 0.3 is 7.12 Å². The first-order chi connectivity index (χ1) is 6.73. The molecule has 0 fully saturated rings. The highest BCUT2D eigenvalue weighted by molar-refractivity contribution is 6.58. The lowest BCUT2D eigenvalue weighted by molar-refractivity contribution is 0.425. The quantitative estimate of drug-likeness (QED) is 0.467. The topological polar surface area (TPSA) is 66.2 Å². The second-order valence-corrected chi connectivity index (χ2v) is 1.57. The van der Waals surface area contributed by atoms with Gasteiger partial charge in [0.1, 0.15) is 7.67 Å². The minimum absolute atomic E-state index is 0.592. The fraction of sp³-hybridized carbons (Fsp3) is 0.200. The molecule has 1 heterocycles. The van der Waals surface area contributed by atoms with Crippen LogP contribution in [0, 0.1) is 6.85 Å². The van der Waals surface area contributed by atoms with Gasteiger partial charge in [0.05, 0.1) is 1.37 Å². The number of nitrogens with zero attached hydrogens (tertiary/aromatic N) is 2. The third-order valence-corrected chi connectivity index (χ3v) is 0.901. The Labute approximate surface area is 65.7 Å². The molecular weight excluding hydrogens is 131 g/mol. The fourth-order valence-corrected chi connectivity index (χ4v) is 0.453. The van der Waals surface area contributed by atoms with Crippen LogP contribution in [-0.4, -0.2) is 27.1 Å². The molecule has 4 nitrogen and oxygen atoms in total. The molecular formula is C5H7BN2O2. The van der Waals surface area contributed by atoms with Gasteiger partial charge < -0.3 is 10.0 Å². The molecule has 5 heteroatoms. The third kappa shape index (κ3) is 1.31. The van der Waals surface area contributed by atoms with Crippen LogP contribution in [0.2, 0.25) is 0 Å². The molecule has 0 aliphatic carbocycles. The fourth-order valence-electron chi connectivity index (χ4n) is 0.453. The monoisotopic (exact) mass is 143 g/mol. The minimum atomic E-state index is -2.71. The molecule has 52 valence electrons. The van der Waals surface area contributed by atoms with E-state index < -0.39 is 37.6 Å². The van der Waals surface area contributed by atoms with Crippen LogP contribution in [0.4, 0.5) is 0 Å². The summed E-state index contributed by atoms with van der Waals surface area (Å²) in [5.74, 6) is 0. The molecule has 2 N–H and O–H groups in total. The van der Waals surface area contributed by atoms with Gasteiger partial charge in [0.2, 0.25) is 0 Å². The first-order valence-corrected chi connectivity index (χ1v) is 2.45. The summed E-state index contributed by atoms with van der Waals surface area (Å²) in [4.78, 5) is 6.50. The molecule has 0 aromatic carbocycles. The maximum absolute atomic E-state index is 8.88. The van der Waals surface area contributed by atoms with E-state index in [2.05, 4.69) is 9.97 Å². The van der Waals surface area contributed by atoms with Gasteiger partial charge in [-0.05, 0) is 6.85 Å². The summed E-state index contributed by atoms with van der Waals surface area (Å²) in [5, 5.41) is 17.8. The minimum Gasteiger partial charge on any atom is -0.423 e. The van der Waals surface area contributed by atoms with Gasteiger partial charge in [0, 0.05) is 21.4 Å². The molecule has 1 aromatic rings. The van der Waals surface area contributed by atoms with Crippen molar-refractivity contribution in [2.45, 2.75) is 6.85 Å². The molecule has 0 saturated carbocycles. The zero-order valence-corrected chi connectivity index (χ0v) is 4.87. The van der Waals surface area contributed by atoms with Gasteiger partial charge in [-0.3, -0.25) is 0 Å². The highest BCUT2D eigenvalue weighted by atomic mass is 16.4. The molecule has 1 aromatic heterocycles. The molecule has 0 saturated heterocycles. The van der Waals surface area contributed by atoms with E-state index in [1.807, 2.05) is 0 Å². The van der Waals surface area contributed by atoms with E-state index in [0.717, 1.165) is 0 Å². The third-order valence-electron chi connectivity index (χ3n) is 0.901. The summed E-state index contributed by atoms with van der Waals surface area (Å²) in [5.41, 5.74) is -1.27. The second kappa shape index (κ2) is 2.77. The van der Waals surface area contributed by atoms with Crippen molar-refractivity contribution in [2.75, 3.05) is 0 Å². The summed E-state index contributed by atoms with van der Waals surface area (Å²) in [6.07, 6.45) is -1.31. The van der Waals surface area contributed by atoms with Gasteiger partial charge in [-0.1, -0.05) is 0 Å². The predicted octanol–water partition coefficient (Wildman–Crippen LogP) is -1.54. The Balaban J connectivity index is 3.47. The molecule has 0 spiro atoms. The molecule has 0 radical (unpaired) electrons. The highest BCUT2D eigenvalue weighted by Gasteiger charge is 2.13. The number of hydrogen-bond acceptors (Lipinski definition) is 4. The lowest BCUT2D eigenvalue weighted by Gasteiger charge is -1.99. The van der Waals surface area contributed by atoms with Crippen LogP contribution >= 0.6 is 0 Å². The lowest BCUT2D eigenvalue weighted by Crippen LogP contribution is -2.33. The molecule has 0 aliphatic rings. The van der Waals surface area contributed by atoms with Crippen molar-refractivity contribution in [3.05, 3.63) is 18.2 Å². The molecule has 0 atom stereocenters. The van der Waals surface area contributed by atoms with E-state index in [1.54, 1.807) is 0 Å². The van der Waals surface area contributed by atoms with Crippen LogP contribution in [0.15, 0.2) is 12.5 Å². The normalized spacial score (nSPS) is 18.0. The number of rotatable bonds is 1. The van der Waals surface area contributed by atoms with E-state index >= 15 is 0 Å². The number of aromatic nitrogens is 2. The Morgan fingerprint density at radius 3 is 3.20 bits per heavy atom. The van der Waals surface area contributed by atoms with Crippen LogP contribution in [0.3, 0.4) is 0 Å². The summed E-state index contributed by atoms with van der Waals surface area (Å²) in [6.45, 7) is -2.71. The molecule has 0 bridgehead atoms. The van der Waals surface area contributed by atoms with Gasteiger partial charge in [-0.25, -0.2) is 9.97 Å². The smallest absolute Gasteiger partial charge is 0.423 e. The largest absolute Gasteiger partial charge is 0.491 e. The van der Waals surface area contributed by atoms with Crippen LogP contribution in [-0.2, 0) is 0 Å². The molecule has 0 amide bonds. The van der Waals surface area contributed by atoms with E-state index in [9.17, 15) is 0 Å². The SMILES string of the molecule is [2H]c1nc([2H])c(B(O)O)c(C([2H])([2H])[2H])n1. The Hall–Kier alpha value is -0.935. The summed E-state index contributed by atoms with van der Waals surface area (Å²) in [6, 6.07) is 0. The van der Waals surface area contributed by atoms with Crippen LogP contribution < -0.4 is 5.46 Å². The lowest BCUT2D eigenvalue weighted by atomic mass is 9.80. The van der Waals surface area contributed by atoms with E-state index in [4.69, 9.17) is 16.9 Å². The first-order valence-electron chi connectivity index (χ1n) is 4.95. The van der Waals surface area contributed by atoms with Crippen LogP contribution in [0.1, 0.15) is 12.5 Å². The van der Waals surface area contributed by atoms with Crippen molar-refractivity contribution in [2.24, 2.45) is 0 Å². The van der Waals surface area contributed by atoms with Gasteiger partial charge in [0.25, 0.3) is 0 Å². The summed E-state index contributed by atoms with van der Waals surface area (Å²) >= 11 is 0. The summed E-state index contributed by atoms with van der Waals surface area (Å²) in [7, 11) is -2.14.